The van der Waals surface area contributed by atoms with Crippen LogP contribution in [0.3, 0.4) is 0 Å². The molecule has 1 aromatic heterocycles. The van der Waals surface area contributed by atoms with Gasteiger partial charge < -0.3 is 10.2 Å². The molecule has 2 heterocycles. The Morgan fingerprint density at radius 3 is 2.37 bits per heavy atom. The number of aromatic nitrogens is 2. The second-order valence-corrected chi connectivity index (χ2v) is 11.9. The van der Waals surface area contributed by atoms with Crippen molar-refractivity contribution in [2.45, 2.75) is 59.9 Å². The Labute approximate surface area is 268 Å². The zero-order chi connectivity index (χ0) is 33.0. The van der Waals surface area contributed by atoms with E-state index in [4.69, 9.17) is 0 Å². The van der Waals surface area contributed by atoms with E-state index in [0.29, 0.717) is 46.4 Å². The Bertz CT molecular complexity index is 1840. The summed E-state index contributed by atoms with van der Waals surface area (Å²) in [6, 6.07) is 16.4. The molecule has 0 radical (unpaired) electrons. The van der Waals surface area contributed by atoms with Crippen LogP contribution in [0.4, 0.5) is 15.9 Å². The fourth-order valence-electron chi connectivity index (χ4n) is 5.78. The van der Waals surface area contributed by atoms with Crippen molar-refractivity contribution in [1.29, 1.82) is 0 Å². The van der Waals surface area contributed by atoms with Crippen LogP contribution in [-0.4, -0.2) is 40.1 Å². The molecule has 1 aliphatic heterocycles. The average molecular weight is 623 g/mol. The van der Waals surface area contributed by atoms with Crippen molar-refractivity contribution in [3.05, 3.63) is 111 Å². The summed E-state index contributed by atoms with van der Waals surface area (Å²) >= 11 is 0. The fourth-order valence-corrected chi connectivity index (χ4v) is 5.78. The van der Waals surface area contributed by atoms with Crippen molar-refractivity contribution in [2.24, 2.45) is 5.92 Å². The number of benzene rings is 3. The first kappa shape index (κ1) is 32.5. The average Bonchev–Trinajstić information content (AvgIpc) is 3.61. The third-order valence-corrected chi connectivity index (χ3v) is 8.75. The van der Waals surface area contributed by atoms with Gasteiger partial charge in [-0.2, -0.15) is 0 Å². The van der Waals surface area contributed by atoms with E-state index in [2.05, 4.69) is 15.2 Å². The topological polar surface area (TPSA) is 101 Å². The van der Waals surface area contributed by atoms with Crippen molar-refractivity contribution in [2.75, 3.05) is 23.3 Å². The second-order valence-electron chi connectivity index (χ2n) is 11.9. The van der Waals surface area contributed by atoms with E-state index in [1.165, 1.54) is 28.8 Å². The predicted molar refractivity (Wildman–Crippen MR) is 178 cm³/mol. The first-order valence-electron chi connectivity index (χ1n) is 15.8. The Morgan fingerprint density at radius 1 is 0.978 bits per heavy atom. The minimum Gasteiger partial charge on any atom is -0.372 e. The van der Waals surface area contributed by atoms with Crippen LogP contribution in [-0.2, 0) is 11.3 Å². The van der Waals surface area contributed by atoms with Gasteiger partial charge in [0.25, 0.3) is 5.56 Å². The van der Waals surface area contributed by atoms with Gasteiger partial charge in [0.15, 0.2) is 17.4 Å². The van der Waals surface area contributed by atoms with Gasteiger partial charge in [0.1, 0.15) is 5.82 Å². The van der Waals surface area contributed by atoms with Crippen molar-refractivity contribution < 1.29 is 18.8 Å². The summed E-state index contributed by atoms with van der Waals surface area (Å²) in [4.78, 5) is 59.9. The maximum absolute atomic E-state index is 14.1. The van der Waals surface area contributed by atoms with E-state index in [9.17, 15) is 23.6 Å². The van der Waals surface area contributed by atoms with Gasteiger partial charge in [-0.05, 0) is 79.8 Å². The number of amides is 1. The lowest BCUT2D eigenvalue weighted by Gasteiger charge is -2.21. The molecule has 1 saturated heterocycles. The Kier molecular flexibility index (Phi) is 9.90. The quantitative estimate of drug-likeness (QED) is 0.184. The van der Waals surface area contributed by atoms with Crippen LogP contribution in [0.15, 0.2) is 71.7 Å². The maximum Gasteiger partial charge on any atom is 0.294 e. The SMILES string of the molecule is CCC(=O)c1cccc(-c2cnc(NC(=O)[C@H](C)CC)c(=O)n2Cc2cc(C(=O)c3ccc(F)cc3)cc(N3CCCC3)c2)c1C. The molecule has 0 saturated carbocycles. The molecule has 46 heavy (non-hydrogen) atoms. The molecule has 1 aliphatic rings. The van der Waals surface area contributed by atoms with Gasteiger partial charge in [0.2, 0.25) is 5.91 Å². The standard InChI is InChI=1S/C37H39FN4O4/c1-5-23(3)36(45)40-35-37(46)42(32(21-39-35)30-10-9-11-31(24(30)4)33(43)6-2)22-25-18-27(20-29(19-25)41-16-7-8-17-41)34(44)26-12-14-28(38)15-13-26/h9-15,18-21,23H,5-8,16-17,22H2,1-4H3,(H,39,40,45)/t23-/m1/s1. The summed E-state index contributed by atoms with van der Waals surface area (Å²) < 4.78 is 15.2. The third kappa shape index (κ3) is 6.83. The molecule has 4 aromatic rings. The molecule has 9 heteroatoms. The number of Topliss-reactive ketones (excluding diaryl/α,β-unsaturated/α-hetero) is 1. The lowest BCUT2D eigenvalue weighted by Crippen LogP contribution is -2.31. The van der Waals surface area contributed by atoms with Crippen LogP contribution in [0.25, 0.3) is 11.3 Å². The normalized spacial score (nSPS) is 13.5. The molecule has 0 unspecified atom stereocenters. The molecule has 3 aromatic carbocycles. The molecule has 238 valence electrons. The second kappa shape index (κ2) is 14.0. The van der Waals surface area contributed by atoms with Crippen LogP contribution < -0.4 is 15.8 Å². The number of carbonyl (C=O) groups is 3. The number of hydrogen-bond donors (Lipinski definition) is 1. The van der Waals surface area contributed by atoms with E-state index < -0.39 is 11.4 Å². The number of rotatable bonds is 11. The zero-order valence-corrected chi connectivity index (χ0v) is 26.7. The predicted octanol–water partition coefficient (Wildman–Crippen LogP) is 6.81. The number of halogens is 1. The van der Waals surface area contributed by atoms with Crippen molar-refractivity contribution in [1.82, 2.24) is 9.55 Å². The lowest BCUT2D eigenvalue weighted by atomic mass is 9.96. The maximum atomic E-state index is 14.1. The molecular formula is C37H39FN4O4. The van der Waals surface area contributed by atoms with Crippen molar-refractivity contribution in [3.63, 3.8) is 0 Å². The van der Waals surface area contributed by atoms with E-state index in [1.807, 2.05) is 32.0 Å². The van der Waals surface area contributed by atoms with E-state index in [1.54, 1.807) is 38.2 Å². The number of carbonyl (C=O) groups excluding carboxylic acids is 3. The molecule has 5 rings (SSSR count). The third-order valence-electron chi connectivity index (χ3n) is 8.75. The van der Waals surface area contributed by atoms with E-state index >= 15 is 0 Å². The molecule has 0 spiro atoms. The molecule has 1 N–H and O–H groups in total. The van der Waals surface area contributed by atoms with E-state index in [0.717, 1.165) is 37.2 Å². The first-order valence-corrected chi connectivity index (χ1v) is 15.8. The minimum atomic E-state index is -0.501. The van der Waals surface area contributed by atoms with Crippen molar-refractivity contribution in [3.8, 4) is 11.3 Å². The number of nitrogens with zero attached hydrogens (tertiary/aromatic N) is 3. The largest absolute Gasteiger partial charge is 0.372 e. The minimum absolute atomic E-state index is 0.0131. The molecule has 1 amide bonds. The zero-order valence-electron chi connectivity index (χ0n) is 26.7. The molecule has 1 fully saturated rings. The highest BCUT2D eigenvalue weighted by atomic mass is 19.1. The summed E-state index contributed by atoms with van der Waals surface area (Å²) in [6.07, 6.45) is 4.55. The number of ketones is 2. The van der Waals surface area contributed by atoms with Crippen LogP contribution in [0.1, 0.15) is 83.9 Å². The first-order chi connectivity index (χ1) is 22.1. The Balaban J connectivity index is 1.66. The van der Waals surface area contributed by atoms with E-state index in [-0.39, 0.29) is 35.8 Å². The summed E-state index contributed by atoms with van der Waals surface area (Å²) in [5.41, 5.74) is 4.27. The molecular weight excluding hydrogens is 583 g/mol. The highest BCUT2D eigenvalue weighted by molar-refractivity contribution is 6.09. The monoisotopic (exact) mass is 622 g/mol. The van der Waals surface area contributed by atoms with Gasteiger partial charge in [-0.25, -0.2) is 9.37 Å². The molecule has 8 nitrogen and oxygen atoms in total. The van der Waals surface area contributed by atoms with Crippen molar-refractivity contribution >= 4 is 29.0 Å². The Morgan fingerprint density at radius 2 is 1.70 bits per heavy atom. The van der Waals surface area contributed by atoms with Gasteiger partial charge in [-0.3, -0.25) is 23.7 Å². The molecule has 0 aliphatic carbocycles. The fraction of sp³-hybridized carbons (Fsp3) is 0.324. The lowest BCUT2D eigenvalue weighted by molar-refractivity contribution is -0.119. The van der Waals surface area contributed by atoms with Gasteiger partial charge in [-0.15, -0.1) is 0 Å². The number of hydrogen-bond acceptors (Lipinski definition) is 6. The molecule has 0 bridgehead atoms. The van der Waals surface area contributed by atoms with Gasteiger partial charge in [0, 0.05) is 53.4 Å². The van der Waals surface area contributed by atoms with Gasteiger partial charge in [-0.1, -0.05) is 39.0 Å². The smallest absolute Gasteiger partial charge is 0.294 e. The van der Waals surface area contributed by atoms with Gasteiger partial charge >= 0.3 is 0 Å². The highest BCUT2D eigenvalue weighted by Gasteiger charge is 2.22. The summed E-state index contributed by atoms with van der Waals surface area (Å²) in [7, 11) is 0. The van der Waals surface area contributed by atoms with Crippen LogP contribution in [0.5, 0.6) is 0 Å². The van der Waals surface area contributed by atoms with Crippen LogP contribution >= 0.6 is 0 Å². The number of nitrogens with one attached hydrogen (secondary N) is 1. The number of anilines is 2. The Hall–Kier alpha value is -4.92. The van der Waals surface area contributed by atoms with Crippen LogP contribution in [0, 0.1) is 18.7 Å². The summed E-state index contributed by atoms with van der Waals surface area (Å²) in [5.74, 6) is -1.41. The highest BCUT2D eigenvalue weighted by Crippen LogP contribution is 2.29. The van der Waals surface area contributed by atoms with Crippen LogP contribution in [0.2, 0.25) is 0 Å². The summed E-state index contributed by atoms with van der Waals surface area (Å²) in [5, 5.41) is 2.70. The molecule has 1 atom stereocenters. The van der Waals surface area contributed by atoms with Gasteiger partial charge in [0.05, 0.1) is 18.4 Å². The summed E-state index contributed by atoms with van der Waals surface area (Å²) in [6.45, 7) is 9.09.